The molecule has 182 valence electrons. The summed E-state index contributed by atoms with van der Waals surface area (Å²) in [5.41, 5.74) is 4.94. The number of carbonyl (C=O) groups is 1. The van der Waals surface area contributed by atoms with Crippen LogP contribution in [0, 0.1) is 6.92 Å². The van der Waals surface area contributed by atoms with Gasteiger partial charge in [-0.05, 0) is 54.8 Å². The van der Waals surface area contributed by atoms with Crippen LogP contribution in [0.5, 0.6) is 5.88 Å². The molecule has 0 saturated carbocycles. The van der Waals surface area contributed by atoms with Crippen molar-refractivity contribution in [2.24, 2.45) is 0 Å². The van der Waals surface area contributed by atoms with Crippen LogP contribution in [0.1, 0.15) is 32.9 Å². The van der Waals surface area contributed by atoms with Gasteiger partial charge >= 0.3 is 0 Å². The first-order valence-electron chi connectivity index (χ1n) is 11.3. The number of aryl methyl sites for hydroxylation is 1. The van der Waals surface area contributed by atoms with Crippen molar-refractivity contribution in [1.29, 1.82) is 0 Å². The van der Waals surface area contributed by atoms with Crippen molar-refractivity contribution < 1.29 is 9.53 Å². The van der Waals surface area contributed by atoms with Gasteiger partial charge in [-0.25, -0.2) is 4.98 Å². The highest BCUT2D eigenvalue weighted by Gasteiger charge is 2.25. The van der Waals surface area contributed by atoms with Gasteiger partial charge in [-0.2, -0.15) is 4.98 Å². The third kappa shape index (κ3) is 5.55. The quantitative estimate of drug-likeness (QED) is 0.304. The van der Waals surface area contributed by atoms with Crippen molar-refractivity contribution in [1.82, 2.24) is 25.3 Å². The third-order valence-electron chi connectivity index (χ3n) is 5.72. The van der Waals surface area contributed by atoms with E-state index in [0.717, 1.165) is 38.9 Å². The average molecular weight is 610 g/mol. The molecule has 0 bridgehead atoms. The summed E-state index contributed by atoms with van der Waals surface area (Å²) in [6.07, 6.45) is 5.71. The summed E-state index contributed by atoms with van der Waals surface area (Å²) in [6, 6.07) is 13.9. The Labute approximate surface area is 225 Å². The van der Waals surface area contributed by atoms with Gasteiger partial charge in [-0.15, -0.1) is 0 Å². The molecule has 0 aliphatic carbocycles. The predicted molar refractivity (Wildman–Crippen MR) is 143 cm³/mol. The van der Waals surface area contributed by atoms with Gasteiger partial charge in [0.1, 0.15) is 12.2 Å². The molecule has 3 heterocycles. The highest BCUT2D eigenvalue weighted by Crippen LogP contribution is 2.35. The first-order valence-corrected chi connectivity index (χ1v) is 12.9. The molecular formula is C26H22Br2N6O2. The summed E-state index contributed by atoms with van der Waals surface area (Å²) < 4.78 is 8.09. The lowest BCUT2D eigenvalue weighted by Gasteiger charge is -2.19. The van der Waals surface area contributed by atoms with E-state index in [1.165, 1.54) is 11.8 Å². The van der Waals surface area contributed by atoms with Gasteiger partial charge in [0.2, 0.25) is 11.8 Å². The first-order chi connectivity index (χ1) is 17.5. The molecule has 36 heavy (non-hydrogen) atoms. The van der Waals surface area contributed by atoms with Crippen molar-refractivity contribution in [3.8, 4) is 5.88 Å². The number of halogens is 2. The molecule has 0 radical (unpaired) electrons. The minimum Gasteiger partial charge on any atom is -0.472 e. The molecule has 0 spiro atoms. The normalized spacial score (nSPS) is 12.4. The minimum absolute atomic E-state index is 0.223. The van der Waals surface area contributed by atoms with Crippen LogP contribution in [0.3, 0.4) is 0 Å². The Balaban J connectivity index is 1.41. The van der Waals surface area contributed by atoms with Crippen LogP contribution in [0.2, 0.25) is 0 Å². The van der Waals surface area contributed by atoms with Crippen LogP contribution in [0.25, 0.3) is 0 Å². The number of hydrogen-bond donors (Lipinski definition) is 1. The van der Waals surface area contributed by atoms with Crippen LogP contribution < -0.4 is 15.0 Å². The predicted octanol–water partition coefficient (Wildman–Crippen LogP) is 5.30. The van der Waals surface area contributed by atoms with Gasteiger partial charge in [0.25, 0.3) is 5.91 Å². The van der Waals surface area contributed by atoms with Crippen LogP contribution >= 0.6 is 31.9 Å². The maximum Gasteiger partial charge on any atom is 0.258 e. The zero-order valence-electron chi connectivity index (χ0n) is 19.4. The monoisotopic (exact) mass is 608 g/mol. The summed E-state index contributed by atoms with van der Waals surface area (Å²) in [5.74, 6) is 0.365. The van der Waals surface area contributed by atoms with Gasteiger partial charge in [-0.3, -0.25) is 14.8 Å². The third-order valence-corrected chi connectivity index (χ3v) is 6.74. The van der Waals surface area contributed by atoms with Gasteiger partial charge in [-0.1, -0.05) is 44.0 Å². The lowest BCUT2D eigenvalue weighted by molar-refractivity contribution is 0.0944. The van der Waals surface area contributed by atoms with E-state index in [4.69, 9.17) is 4.74 Å². The van der Waals surface area contributed by atoms with E-state index in [1.807, 2.05) is 48.2 Å². The topological polar surface area (TPSA) is 93.1 Å². The van der Waals surface area contributed by atoms with Crippen LogP contribution in [0.15, 0.2) is 70.0 Å². The summed E-state index contributed by atoms with van der Waals surface area (Å²) in [6.45, 7) is 3.10. The fraction of sp³-hybridized carbons (Fsp3) is 0.192. The summed E-state index contributed by atoms with van der Waals surface area (Å²) in [4.78, 5) is 32.8. The minimum atomic E-state index is -0.347. The number of ether oxygens (including phenoxy) is 1. The second-order valence-corrected chi connectivity index (χ2v) is 10.1. The van der Waals surface area contributed by atoms with Crippen molar-refractivity contribution in [2.75, 3.05) is 11.4 Å². The molecule has 10 heteroatoms. The molecule has 8 nitrogen and oxygen atoms in total. The maximum absolute atomic E-state index is 13.1. The second kappa shape index (κ2) is 10.7. The largest absolute Gasteiger partial charge is 0.472 e. The Bertz CT molecular complexity index is 1400. The molecular weight excluding hydrogens is 588 g/mol. The van der Waals surface area contributed by atoms with E-state index in [0.29, 0.717) is 11.6 Å². The van der Waals surface area contributed by atoms with Gasteiger partial charge in [0.15, 0.2) is 0 Å². The Hall–Kier alpha value is -3.37. The Morgan fingerprint density at radius 2 is 1.83 bits per heavy atom. The SMILES string of the molecule is Cc1cnc(CNC(=O)c2cnc(N3CCc4cc(Br)ccc43)nc2OCc2ccc(Br)cc2)cn1. The molecule has 1 amide bonds. The van der Waals surface area contributed by atoms with E-state index in [2.05, 4.69) is 63.2 Å². The lowest BCUT2D eigenvalue weighted by Crippen LogP contribution is -2.25. The molecule has 1 N–H and O–H groups in total. The second-order valence-electron chi connectivity index (χ2n) is 8.31. The summed E-state index contributed by atoms with van der Waals surface area (Å²) >= 11 is 6.98. The molecule has 0 atom stereocenters. The van der Waals surface area contributed by atoms with Crippen LogP contribution in [-0.4, -0.2) is 32.4 Å². The number of rotatable bonds is 7. The van der Waals surface area contributed by atoms with Crippen molar-refractivity contribution in [2.45, 2.75) is 26.5 Å². The van der Waals surface area contributed by atoms with Crippen molar-refractivity contribution in [3.05, 3.63) is 98.1 Å². The molecule has 1 aliphatic rings. The van der Waals surface area contributed by atoms with Crippen LogP contribution in [0.4, 0.5) is 11.6 Å². The molecule has 4 aromatic rings. The molecule has 2 aromatic carbocycles. The number of nitrogens with one attached hydrogen (secondary N) is 1. The fourth-order valence-corrected chi connectivity index (χ4v) is 4.51. The number of amides is 1. The van der Waals surface area contributed by atoms with Crippen LogP contribution in [-0.2, 0) is 19.6 Å². The van der Waals surface area contributed by atoms with Crippen molar-refractivity contribution >= 4 is 49.4 Å². The van der Waals surface area contributed by atoms with Gasteiger partial charge < -0.3 is 15.0 Å². The number of aromatic nitrogens is 4. The number of benzene rings is 2. The molecule has 0 fully saturated rings. The zero-order chi connectivity index (χ0) is 25.1. The highest BCUT2D eigenvalue weighted by molar-refractivity contribution is 9.10. The molecule has 5 rings (SSSR count). The fourth-order valence-electron chi connectivity index (χ4n) is 3.84. The van der Waals surface area contributed by atoms with E-state index in [9.17, 15) is 4.79 Å². The summed E-state index contributed by atoms with van der Waals surface area (Å²) in [5, 5.41) is 2.87. The summed E-state index contributed by atoms with van der Waals surface area (Å²) in [7, 11) is 0. The maximum atomic E-state index is 13.1. The van der Waals surface area contributed by atoms with Crippen molar-refractivity contribution in [3.63, 3.8) is 0 Å². The van der Waals surface area contributed by atoms with E-state index in [-0.39, 0.29) is 30.5 Å². The number of anilines is 2. The smallest absolute Gasteiger partial charge is 0.258 e. The van der Waals surface area contributed by atoms with E-state index < -0.39 is 0 Å². The highest BCUT2D eigenvalue weighted by atomic mass is 79.9. The first kappa shape index (κ1) is 24.3. The average Bonchev–Trinajstić information content (AvgIpc) is 3.30. The zero-order valence-corrected chi connectivity index (χ0v) is 22.6. The Morgan fingerprint density at radius 3 is 2.61 bits per heavy atom. The number of fused-ring (bicyclic) bond motifs is 1. The van der Waals surface area contributed by atoms with Gasteiger partial charge in [0, 0.05) is 33.6 Å². The van der Waals surface area contributed by atoms with E-state index >= 15 is 0 Å². The lowest BCUT2D eigenvalue weighted by atomic mass is 10.2. The number of nitrogens with zero attached hydrogens (tertiary/aromatic N) is 5. The molecule has 0 unspecified atom stereocenters. The molecule has 0 saturated heterocycles. The Kier molecular flexibility index (Phi) is 7.24. The molecule has 2 aromatic heterocycles. The van der Waals surface area contributed by atoms with E-state index in [1.54, 1.807) is 12.4 Å². The Morgan fingerprint density at radius 1 is 1.03 bits per heavy atom. The molecule has 1 aliphatic heterocycles. The standard InChI is InChI=1S/C26H22Br2N6O2/c1-16-11-30-21(12-29-16)13-31-24(35)22-14-32-26(34-9-8-18-10-20(28)6-7-23(18)34)33-25(22)36-15-17-2-4-19(27)5-3-17/h2-7,10-12,14H,8-9,13,15H2,1H3,(H,31,35). The number of hydrogen-bond acceptors (Lipinski definition) is 7. The number of carbonyl (C=O) groups excluding carboxylic acids is 1. The van der Waals surface area contributed by atoms with Gasteiger partial charge in [0.05, 0.1) is 24.1 Å².